The molecule has 0 saturated carbocycles. The summed E-state index contributed by atoms with van der Waals surface area (Å²) in [7, 11) is 0. The van der Waals surface area contributed by atoms with Crippen LogP contribution in [0.1, 0.15) is 58.3 Å². The second-order valence-electron chi connectivity index (χ2n) is 10.8. The molecule has 0 bridgehead atoms. The van der Waals surface area contributed by atoms with Crippen LogP contribution < -0.4 is 15.1 Å². The fourth-order valence-electron chi connectivity index (χ4n) is 5.52. The number of nitrogens with zero attached hydrogens (tertiary/aromatic N) is 7. The Morgan fingerprint density at radius 1 is 1.11 bits per heavy atom. The number of anilines is 3. The Labute approximate surface area is 261 Å². The fraction of sp³-hybridized carbons (Fsp3) is 0.290. The van der Waals surface area contributed by atoms with Crippen molar-refractivity contribution in [2.24, 2.45) is 0 Å². The summed E-state index contributed by atoms with van der Waals surface area (Å²) in [6.45, 7) is 6.68. The molecule has 1 saturated heterocycles. The first-order valence-corrected chi connectivity index (χ1v) is 14.2. The summed E-state index contributed by atoms with van der Waals surface area (Å²) in [5.74, 6) is -0.893. The summed E-state index contributed by atoms with van der Waals surface area (Å²) in [4.78, 5) is 29.0. The highest BCUT2D eigenvalue weighted by Gasteiger charge is 2.33. The average molecular weight is 635 g/mol. The molecule has 0 aliphatic carbocycles. The third-order valence-electron chi connectivity index (χ3n) is 7.62. The molecule has 45 heavy (non-hydrogen) atoms. The van der Waals surface area contributed by atoms with E-state index in [1.165, 1.54) is 18.2 Å². The van der Waals surface area contributed by atoms with Crippen molar-refractivity contribution in [2.45, 2.75) is 39.0 Å². The number of hydrogen-bond acceptors (Lipinski definition) is 9. The quantitative estimate of drug-likeness (QED) is 0.231. The van der Waals surface area contributed by atoms with E-state index in [9.17, 15) is 33.6 Å². The summed E-state index contributed by atoms with van der Waals surface area (Å²) in [5.41, 5.74) is 2.15. The van der Waals surface area contributed by atoms with Gasteiger partial charge in [-0.05, 0) is 62.7 Å². The van der Waals surface area contributed by atoms with Crippen LogP contribution in [-0.4, -0.2) is 51.7 Å². The molecular weight excluding hydrogens is 609 g/mol. The lowest BCUT2D eigenvalue weighted by Crippen LogP contribution is -2.53. The molecule has 3 heterocycles. The number of halogens is 4. The second-order valence-corrected chi connectivity index (χ2v) is 11.1. The predicted octanol–water partition coefficient (Wildman–Crippen LogP) is 6.34. The van der Waals surface area contributed by atoms with Crippen LogP contribution in [0.15, 0.2) is 42.5 Å². The molecule has 230 valence electrons. The number of rotatable bonds is 6. The lowest BCUT2D eigenvalue weighted by atomic mass is 10.0. The second kappa shape index (κ2) is 12.1. The van der Waals surface area contributed by atoms with Gasteiger partial charge in [-0.3, -0.25) is 0 Å². The molecule has 1 fully saturated rings. The zero-order valence-electron chi connectivity index (χ0n) is 24.3. The molecule has 1 unspecified atom stereocenters. The fourth-order valence-corrected chi connectivity index (χ4v) is 5.67. The highest BCUT2D eigenvalue weighted by atomic mass is 35.5. The van der Waals surface area contributed by atoms with Gasteiger partial charge >= 0.3 is 12.1 Å². The maximum atomic E-state index is 13.2. The van der Waals surface area contributed by atoms with Crippen molar-refractivity contribution in [2.75, 3.05) is 34.8 Å². The SMILES string of the molecule is Cc1cc([C@@H](C)Nc2ccc(Cl)nc2C(=O)O)c2nc(N3CCN(c4ccc(C(F)(F)F)cc4C#N)CC3C)c(C#N)nc2c1. The van der Waals surface area contributed by atoms with Gasteiger partial charge in [0.05, 0.1) is 39.6 Å². The molecule has 0 spiro atoms. The molecule has 1 aliphatic heterocycles. The first-order valence-electron chi connectivity index (χ1n) is 13.8. The number of pyridine rings is 1. The Hall–Kier alpha value is -5.14. The molecule has 0 amide bonds. The Kier molecular flexibility index (Phi) is 8.41. The Balaban J connectivity index is 1.49. The van der Waals surface area contributed by atoms with Crippen LogP contribution in [0.3, 0.4) is 0 Å². The van der Waals surface area contributed by atoms with Gasteiger partial charge in [0.2, 0.25) is 0 Å². The highest BCUT2D eigenvalue weighted by Crippen LogP contribution is 2.35. The summed E-state index contributed by atoms with van der Waals surface area (Å²) in [6.07, 6.45) is -4.56. The Morgan fingerprint density at radius 2 is 1.87 bits per heavy atom. The van der Waals surface area contributed by atoms with E-state index in [2.05, 4.69) is 21.4 Å². The summed E-state index contributed by atoms with van der Waals surface area (Å²) < 4.78 is 39.7. The molecule has 2 N–H and O–H groups in total. The number of hydrogen-bond donors (Lipinski definition) is 2. The zero-order chi connectivity index (χ0) is 32.6. The molecule has 10 nitrogen and oxygen atoms in total. The lowest BCUT2D eigenvalue weighted by molar-refractivity contribution is -0.137. The van der Waals surface area contributed by atoms with E-state index < -0.39 is 23.8 Å². The molecule has 4 aromatic rings. The Morgan fingerprint density at radius 3 is 2.51 bits per heavy atom. The van der Waals surface area contributed by atoms with Gasteiger partial charge in [-0.2, -0.15) is 23.7 Å². The molecule has 1 aliphatic rings. The van der Waals surface area contributed by atoms with Crippen molar-refractivity contribution in [3.05, 3.63) is 81.3 Å². The minimum atomic E-state index is -4.56. The van der Waals surface area contributed by atoms with E-state index in [1.807, 2.05) is 48.8 Å². The number of fused-ring (bicyclic) bond motifs is 1. The van der Waals surface area contributed by atoms with Gasteiger partial charge in [0.1, 0.15) is 17.3 Å². The number of nitriles is 2. The van der Waals surface area contributed by atoms with Crippen LogP contribution in [0, 0.1) is 29.6 Å². The molecule has 2 atom stereocenters. The van der Waals surface area contributed by atoms with Crippen LogP contribution >= 0.6 is 11.6 Å². The standard InChI is InChI=1S/C31H26ClF3N8O2/c1-16-10-21(18(3)38-22-5-7-26(32)40-28(22)30(44)45)27-23(11-16)39-24(14-37)29(41-27)43-9-8-42(15-17(43)2)25-6-4-20(31(33,34)35)12-19(25)13-36/h4-7,10-12,17-18,38H,8-9,15H2,1-3H3,(H,44,45)/t17?,18-/m1/s1. The van der Waals surface area contributed by atoms with Crippen LogP contribution in [-0.2, 0) is 6.18 Å². The topological polar surface area (TPSA) is 142 Å². The van der Waals surface area contributed by atoms with Crippen LogP contribution in [0.5, 0.6) is 0 Å². The normalized spacial score (nSPS) is 15.8. The van der Waals surface area contributed by atoms with Gasteiger partial charge in [-0.25, -0.2) is 19.7 Å². The van der Waals surface area contributed by atoms with Gasteiger partial charge in [0.25, 0.3) is 0 Å². The maximum absolute atomic E-state index is 13.2. The van der Waals surface area contributed by atoms with Gasteiger partial charge < -0.3 is 20.2 Å². The van der Waals surface area contributed by atoms with Gasteiger partial charge in [-0.1, -0.05) is 17.7 Å². The van der Waals surface area contributed by atoms with Crippen LogP contribution in [0.2, 0.25) is 5.15 Å². The van der Waals surface area contributed by atoms with Gasteiger partial charge in [0.15, 0.2) is 17.2 Å². The minimum absolute atomic E-state index is 0.0440. The first kappa shape index (κ1) is 31.3. The van der Waals surface area contributed by atoms with Crippen LogP contribution in [0.25, 0.3) is 11.0 Å². The van der Waals surface area contributed by atoms with Crippen LogP contribution in [0.4, 0.5) is 30.4 Å². The number of piperazine rings is 1. The first-order chi connectivity index (χ1) is 21.3. The number of aromatic carboxylic acids is 1. The number of carboxylic acid groups (broad SMARTS) is 1. The number of carbonyl (C=O) groups is 1. The third-order valence-corrected chi connectivity index (χ3v) is 7.83. The number of benzene rings is 2. The Bertz CT molecular complexity index is 1900. The van der Waals surface area contributed by atoms with Crippen molar-refractivity contribution >= 4 is 45.8 Å². The maximum Gasteiger partial charge on any atom is 0.416 e. The molecule has 2 aromatic carbocycles. The van der Waals surface area contributed by atoms with Crippen molar-refractivity contribution < 1.29 is 23.1 Å². The molecule has 5 rings (SSSR count). The largest absolute Gasteiger partial charge is 0.476 e. The van der Waals surface area contributed by atoms with E-state index in [1.54, 1.807) is 0 Å². The van der Waals surface area contributed by atoms with E-state index >= 15 is 0 Å². The van der Waals surface area contributed by atoms with E-state index in [0.717, 1.165) is 17.7 Å². The minimum Gasteiger partial charge on any atom is -0.476 e. The van der Waals surface area contributed by atoms with E-state index in [4.69, 9.17) is 16.6 Å². The average Bonchev–Trinajstić information content (AvgIpc) is 2.99. The third kappa shape index (κ3) is 6.26. The van der Waals surface area contributed by atoms with Crippen molar-refractivity contribution in [3.63, 3.8) is 0 Å². The lowest BCUT2D eigenvalue weighted by Gasteiger charge is -2.42. The van der Waals surface area contributed by atoms with Crippen molar-refractivity contribution in [1.29, 1.82) is 10.5 Å². The smallest absolute Gasteiger partial charge is 0.416 e. The van der Waals surface area contributed by atoms with Crippen molar-refractivity contribution in [3.8, 4) is 12.1 Å². The molecule has 14 heteroatoms. The number of aromatic nitrogens is 3. The zero-order valence-corrected chi connectivity index (χ0v) is 25.1. The summed E-state index contributed by atoms with van der Waals surface area (Å²) >= 11 is 5.92. The number of carboxylic acids is 1. The number of alkyl halides is 3. The van der Waals surface area contributed by atoms with E-state index in [0.29, 0.717) is 47.7 Å². The summed E-state index contributed by atoms with van der Waals surface area (Å²) in [5, 5.41) is 32.5. The predicted molar refractivity (Wildman–Crippen MR) is 162 cm³/mol. The van der Waals surface area contributed by atoms with Gasteiger partial charge in [-0.15, -0.1) is 0 Å². The number of aryl methyl sites for hydroxylation is 1. The molecular formula is C31H26ClF3N8O2. The number of nitrogens with one attached hydrogen (secondary N) is 1. The van der Waals surface area contributed by atoms with Crippen molar-refractivity contribution in [1.82, 2.24) is 15.0 Å². The summed E-state index contributed by atoms with van der Waals surface area (Å²) in [6, 6.07) is 13.2. The van der Waals surface area contributed by atoms with Gasteiger partial charge in [0, 0.05) is 31.2 Å². The van der Waals surface area contributed by atoms with E-state index in [-0.39, 0.29) is 33.8 Å². The highest BCUT2D eigenvalue weighted by molar-refractivity contribution is 6.29. The molecule has 2 aromatic heterocycles. The molecule has 0 radical (unpaired) electrons. The monoisotopic (exact) mass is 634 g/mol.